The van der Waals surface area contributed by atoms with E-state index in [0.717, 1.165) is 18.9 Å². The number of rotatable bonds is 4. The number of halogens is 2. The first-order chi connectivity index (χ1) is 9.88. The third-order valence-corrected chi connectivity index (χ3v) is 4.91. The fourth-order valence-corrected chi connectivity index (χ4v) is 2.97. The van der Waals surface area contributed by atoms with Crippen molar-refractivity contribution < 1.29 is 22.7 Å². The number of ether oxygens (including phenoxy) is 2. The van der Waals surface area contributed by atoms with Crippen molar-refractivity contribution in [3.8, 4) is 0 Å². The number of carbonyl (C=O) groups excluding carboxylic acids is 1. The van der Waals surface area contributed by atoms with Gasteiger partial charge < -0.3 is 9.47 Å². The topological polar surface area (TPSA) is 69.7 Å². The van der Waals surface area contributed by atoms with E-state index in [2.05, 4.69) is 0 Å². The largest absolute Gasteiger partial charge is 0.462 e. The minimum Gasteiger partial charge on any atom is -0.462 e. The Morgan fingerprint density at radius 1 is 1.33 bits per heavy atom. The Kier molecular flexibility index (Phi) is 5.48. The molecular weight excluding hydrogens is 339 g/mol. The lowest BCUT2D eigenvalue weighted by atomic mass is 10.0. The quantitative estimate of drug-likeness (QED) is 0.615. The molecule has 0 atom stereocenters. The highest BCUT2D eigenvalue weighted by Gasteiger charge is 2.20. The molecule has 0 saturated carbocycles. The maximum Gasteiger partial charge on any atom is 0.339 e. The molecule has 0 N–H and O–H groups in total. The van der Waals surface area contributed by atoms with Crippen molar-refractivity contribution in [1.29, 1.82) is 0 Å². The predicted octanol–water partition coefficient (Wildman–Crippen LogP) is 2.85. The molecule has 0 aromatic heterocycles. The van der Waals surface area contributed by atoms with E-state index in [-0.39, 0.29) is 28.0 Å². The van der Waals surface area contributed by atoms with Crippen molar-refractivity contribution >= 4 is 37.3 Å². The van der Waals surface area contributed by atoms with Crippen molar-refractivity contribution in [3.63, 3.8) is 0 Å². The zero-order chi connectivity index (χ0) is 15.5. The average Bonchev–Trinajstić information content (AvgIpc) is 2.45. The molecule has 116 valence electrons. The fourth-order valence-electron chi connectivity index (χ4n) is 2.00. The van der Waals surface area contributed by atoms with Gasteiger partial charge in [0.2, 0.25) is 0 Å². The minimum atomic E-state index is -3.92. The highest BCUT2D eigenvalue weighted by molar-refractivity contribution is 8.13. The van der Waals surface area contributed by atoms with E-state index in [1.165, 1.54) is 12.1 Å². The lowest BCUT2D eigenvalue weighted by molar-refractivity contribution is 0.0185. The van der Waals surface area contributed by atoms with Gasteiger partial charge in [0.25, 0.3) is 9.05 Å². The van der Waals surface area contributed by atoms with Crippen LogP contribution in [0.25, 0.3) is 0 Å². The van der Waals surface area contributed by atoms with Gasteiger partial charge in [-0.3, -0.25) is 0 Å². The zero-order valence-electron chi connectivity index (χ0n) is 11.1. The summed E-state index contributed by atoms with van der Waals surface area (Å²) in [5.41, 5.74) is -0.00884. The Hall–Kier alpha value is -0.820. The van der Waals surface area contributed by atoms with Crippen LogP contribution in [-0.2, 0) is 18.5 Å². The van der Waals surface area contributed by atoms with Crippen molar-refractivity contribution in [2.24, 2.45) is 5.92 Å². The first kappa shape index (κ1) is 16.5. The molecular formula is C13H14Cl2O5S. The van der Waals surface area contributed by atoms with Gasteiger partial charge in [-0.1, -0.05) is 11.6 Å². The third-order valence-electron chi connectivity index (χ3n) is 3.23. The number of carbonyl (C=O) groups is 1. The molecule has 0 bridgehead atoms. The van der Waals surface area contributed by atoms with Crippen molar-refractivity contribution in [2.45, 2.75) is 17.7 Å². The minimum absolute atomic E-state index is 0.00884. The maximum atomic E-state index is 12.0. The Morgan fingerprint density at radius 2 is 2.00 bits per heavy atom. The summed E-state index contributed by atoms with van der Waals surface area (Å²) < 4.78 is 33.0. The molecule has 1 saturated heterocycles. The molecule has 21 heavy (non-hydrogen) atoms. The summed E-state index contributed by atoms with van der Waals surface area (Å²) in [5, 5.41) is 0.121. The second-order valence-electron chi connectivity index (χ2n) is 4.73. The lowest BCUT2D eigenvalue weighted by Crippen LogP contribution is -2.22. The van der Waals surface area contributed by atoms with Gasteiger partial charge in [0.15, 0.2) is 0 Å². The van der Waals surface area contributed by atoms with E-state index in [9.17, 15) is 13.2 Å². The molecule has 1 aliphatic rings. The van der Waals surface area contributed by atoms with Gasteiger partial charge in [-0.25, -0.2) is 13.2 Å². The van der Waals surface area contributed by atoms with Gasteiger partial charge >= 0.3 is 5.97 Å². The van der Waals surface area contributed by atoms with E-state index < -0.39 is 15.0 Å². The van der Waals surface area contributed by atoms with Gasteiger partial charge in [0, 0.05) is 23.9 Å². The molecule has 8 heteroatoms. The van der Waals surface area contributed by atoms with E-state index >= 15 is 0 Å². The van der Waals surface area contributed by atoms with Crippen LogP contribution < -0.4 is 0 Å². The van der Waals surface area contributed by atoms with Crippen molar-refractivity contribution in [3.05, 3.63) is 28.8 Å². The Morgan fingerprint density at radius 3 is 2.62 bits per heavy atom. The molecule has 0 unspecified atom stereocenters. The number of esters is 1. The van der Waals surface area contributed by atoms with Crippen LogP contribution in [0.3, 0.4) is 0 Å². The molecule has 2 rings (SSSR count). The SMILES string of the molecule is O=C(OCC1CCOCC1)c1cc(S(=O)(=O)Cl)ccc1Cl. The molecule has 5 nitrogen and oxygen atoms in total. The Balaban J connectivity index is 2.07. The first-order valence-corrected chi connectivity index (χ1v) is 9.06. The summed E-state index contributed by atoms with van der Waals surface area (Å²) in [6, 6.07) is 3.67. The van der Waals surface area contributed by atoms with Crippen LogP contribution in [0.5, 0.6) is 0 Å². The molecule has 1 aromatic carbocycles. The fraction of sp³-hybridized carbons (Fsp3) is 0.462. The summed E-state index contributed by atoms with van der Waals surface area (Å²) >= 11 is 5.90. The smallest absolute Gasteiger partial charge is 0.339 e. The van der Waals surface area contributed by atoms with Crippen LogP contribution in [0.15, 0.2) is 23.1 Å². The Labute approximate surface area is 132 Å². The van der Waals surface area contributed by atoms with Crippen LogP contribution in [0.1, 0.15) is 23.2 Å². The molecule has 0 spiro atoms. The molecule has 1 heterocycles. The summed E-state index contributed by atoms with van der Waals surface area (Å²) in [6.45, 7) is 1.57. The highest BCUT2D eigenvalue weighted by Crippen LogP contribution is 2.24. The third kappa shape index (κ3) is 4.57. The standard InChI is InChI=1S/C13H14Cl2O5S/c14-12-2-1-10(21(15,17)18)7-11(12)13(16)20-8-9-3-5-19-6-4-9/h1-2,7,9H,3-6,8H2. The number of benzene rings is 1. The van der Waals surface area contributed by atoms with Gasteiger partial charge in [0.1, 0.15) is 0 Å². The van der Waals surface area contributed by atoms with Crippen molar-refractivity contribution in [1.82, 2.24) is 0 Å². The van der Waals surface area contributed by atoms with Crippen LogP contribution in [0.4, 0.5) is 0 Å². The van der Waals surface area contributed by atoms with Gasteiger partial charge in [-0.2, -0.15) is 0 Å². The second kappa shape index (κ2) is 6.96. The van der Waals surface area contributed by atoms with E-state index in [1.54, 1.807) is 0 Å². The van der Waals surface area contributed by atoms with Gasteiger partial charge in [0.05, 0.1) is 22.1 Å². The molecule has 0 amide bonds. The summed E-state index contributed by atoms with van der Waals surface area (Å²) in [7, 11) is 1.33. The number of hydrogen-bond donors (Lipinski definition) is 0. The molecule has 0 radical (unpaired) electrons. The van der Waals surface area contributed by atoms with Crippen LogP contribution in [-0.4, -0.2) is 34.2 Å². The normalized spacial score (nSPS) is 16.7. The van der Waals surface area contributed by atoms with Crippen LogP contribution in [0.2, 0.25) is 5.02 Å². The van der Waals surface area contributed by atoms with E-state index in [4.69, 9.17) is 31.8 Å². The zero-order valence-corrected chi connectivity index (χ0v) is 13.4. The predicted molar refractivity (Wildman–Crippen MR) is 78.3 cm³/mol. The van der Waals surface area contributed by atoms with Gasteiger partial charge in [-0.05, 0) is 37.0 Å². The average molecular weight is 353 g/mol. The van der Waals surface area contributed by atoms with Crippen LogP contribution in [0, 0.1) is 5.92 Å². The van der Waals surface area contributed by atoms with E-state index in [1.807, 2.05) is 0 Å². The summed E-state index contributed by atoms with van der Waals surface area (Å²) in [6.07, 6.45) is 1.66. The Bertz CT molecular complexity index is 623. The summed E-state index contributed by atoms with van der Waals surface area (Å²) in [5.74, 6) is -0.407. The number of hydrogen-bond acceptors (Lipinski definition) is 5. The summed E-state index contributed by atoms with van der Waals surface area (Å²) in [4.78, 5) is 11.8. The van der Waals surface area contributed by atoms with Gasteiger partial charge in [-0.15, -0.1) is 0 Å². The van der Waals surface area contributed by atoms with Crippen LogP contribution >= 0.6 is 22.3 Å². The maximum absolute atomic E-state index is 12.0. The second-order valence-corrected chi connectivity index (χ2v) is 7.71. The van der Waals surface area contributed by atoms with Crippen molar-refractivity contribution in [2.75, 3.05) is 19.8 Å². The molecule has 1 aromatic rings. The molecule has 0 aliphatic carbocycles. The monoisotopic (exact) mass is 352 g/mol. The lowest BCUT2D eigenvalue weighted by Gasteiger charge is -2.21. The molecule has 1 aliphatic heterocycles. The van der Waals surface area contributed by atoms with E-state index in [0.29, 0.717) is 13.2 Å². The highest BCUT2D eigenvalue weighted by atomic mass is 35.7. The molecule has 1 fully saturated rings. The first-order valence-electron chi connectivity index (χ1n) is 6.37.